The summed E-state index contributed by atoms with van der Waals surface area (Å²) >= 11 is 4.15. The van der Waals surface area contributed by atoms with Gasteiger partial charge in [0.15, 0.2) is 0 Å². The van der Waals surface area contributed by atoms with Gasteiger partial charge >= 0.3 is 6.18 Å². The van der Waals surface area contributed by atoms with Crippen LogP contribution in [-0.4, -0.2) is 23.7 Å². The molecule has 0 amide bonds. The summed E-state index contributed by atoms with van der Waals surface area (Å²) in [4.78, 5) is 2.33. The van der Waals surface area contributed by atoms with Crippen molar-refractivity contribution in [2.45, 2.75) is 36.5 Å². The van der Waals surface area contributed by atoms with Gasteiger partial charge in [0.05, 0.1) is 0 Å². The van der Waals surface area contributed by atoms with Gasteiger partial charge in [0.1, 0.15) is 6.04 Å². The molecule has 0 N–H and O–H groups in total. The van der Waals surface area contributed by atoms with Crippen molar-refractivity contribution in [3.63, 3.8) is 0 Å². The second-order valence-electron chi connectivity index (χ2n) is 4.34. The zero-order valence-corrected chi connectivity index (χ0v) is 10.1. The zero-order chi connectivity index (χ0) is 12.5. The van der Waals surface area contributed by atoms with Crippen molar-refractivity contribution in [1.82, 2.24) is 4.90 Å². The second kappa shape index (κ2) is 4.90. The van der Waals surface area contributed by atoms with E-state index in [0.717, 1.165) is 10.5 Å². The fourth-order valence-electron chi connectivity index (χ4n) is 2.22. The molecular formula is C12H14F3NS. The number of hydrogen-bond acceptors (Lipinski definition) is 2. The molecule has 1 nitrogen and oxygen atoms in total. The maximum atomic E-state index is 12.7. The highest BCUT2D eigenvalue weighted by Crippen LogP contribution is 2.33. The van der Waals surface area contributed by atoms with Crippen LogP contribution >= 0.6 is 12.6 Å². The first-order valence-corrected chi connectivity index (χ1v) is 6.00. The van der Waals surface area contributed by atoms with Crippen molar-refractivity contribution in [3.8, 4) is 0 Å². The number of rotatable bonds is 2. The molecule has 1 atom stereocenters. The maximum absolute atomic E-state index is 12.7. The summed E-state index contributed by atoms with van der Waals surface area (Å²) in [5.74, 6) is 0. The molecule has 1 aliphatic rings. The normalized spacial score (nSPS) is 22.0. The molecule has 1 heterocycles. The third kappa shape index (κ3) is 3.16. The van der Waals surface area contributed by atoms with Gasteiger partial charge in [0.25, 0.3) is 0 Å². The summed E-state index contributed by atoms with van der Waals surface area (Å²) in [6.07, 6.45) is -3.27. The first-order chi connectivity index (χ1) is 7.97. The van der Waals surface area contributed by atoms with E-state index in [1.54, 1.807) is 12.1 Å². The molecule has 1 aliphatic heterocycles. The molecule has 0 aromatic heterocycles. The van der Waals surface area contributed by atoms with Gasteiger partial charge in [-0.1, -0.05) is 12.1 Å². The Morgan fingerprint density at radius 1 is 1.24 bits per heavy atom. The van der Waals surface area contributed by atoms with Gasteiger partial charge in [-0.25, -0.2) is 0 Å². The van der Waals surface area contributed by atoms with Crippen LogP contribution in [0.2, 0.25) is 0 Å². The first kappa shape index (κ1) is 12.8. The van der Waals surface area contributed by atoms with E-state index in [1.165, 1.54) is 4.90 Å². The van der Waals surface area contributed by atoms with Crippen LogP contribution in [0, 0.1) is 0 Å². The molecule has 1 saturated heterocycles. The van der Waals surface area contributed by atoms with E-state index in [1.807, 2.05) is 12.1 Å². The van der Waals surface area contributed by atoms with Gasteiger partial charge in [0.2, 0.25) is 0 Å². The van der Waals surface area contributed by atoms with Crippen molar-refractivity contribution < 1.29 is 13.2 Å². The first-order valence-electron chi connectivity index (χ1n) is 5.55. The monoisotopic (exact) mass is 261 g/mol. The average Bonchev–Trinajstić information content (AvgIpc) is 2.69. The van der Waals surface area contributed by atoms with Crippen molar-refractivity contribution >= 4 is 12.6 Å². The smallest absolute Gasteiger partial charge is 0.288 e. The highest BCUT2D eigenvalue weighted by molar-refractivity contribution is 7.80. The Hall–Kier alpha value is -0.680. The van der Waals surface area contributed by atoms with Crippen LogP contribution in [0.3, 0.4) is 0 Å². The molecule has 0 spiro atoms. The Morgan fingerprint density at radius 2 is 1.88 bits per heavy atom. The van der Waals surface area contributed by atoms with Crippen molar-refractivity contribution in [2.24, 2.45) is 0 Å². The minimum atomic E-state index is -4.11. The van der Waals surface area contributed by atoms with E-state index in [9.17, 15) is 13.2 Å². The van der Waals surface area contributed by atoms with Gasteiger partial charge in [-0.2, -0.15) is 13.2 Å². The summed E-state index contributed by atoms with van der Waals surface area (Å²) in [5, 5.41) is 0. The summed E-state index contributed by atoms with van der Waals surface area (Å²) in [5.41, 5.74) is 0.902. The fourth-order valence-corrected chi connectivity index (χ4v) is 2.37. The van der Waals surface area contributed by atoms with Crippen LogP contribution in [0.15, 0.2) is 29.2 Å². The Bertz CT molecular complexity index is 374. The predicted molar refractivity (Wildman–Crippen MR) is 63.2 cm³/mol. The summed E-state index contributed by atoms with van der Waals surface area (Å²) in [6.45, 7) is 0.880. The van der Waals surface area contributed by atoms with Crippen LogP contribution in [-0.2, 0) is 6.54 Å². The third-order valence-electron chi connectivity index (χ3n) is 3.06. The summed E-state index contributed by atoms with van der Waals surface area (Å²) in [6, 6.07) is 5.98. The lowest BCUT2D eigenvalue weighted by molar-refractivity contribution is -0.177. The van der Waals surface area contributed by atoms with Crippen LogP contribution < -0.4 is 0 Å². The molecule has 94 valence electrons. The molecular weight excluding hydrogens is 247 g/mol. The Kier molecular flexibility index (Phi) is 3.68. The van der Waals surface area contributed by atoms with E-state index in [2.05, 4.69) is 12.6 Å². The SMILES string of the molecule is FC(F)(F)C1CCCN1Cc1ccc(S)cc1. The highest BCUT2D eigenvalue weighted by atomic mass is 32.1. The standard InChI is InChI=1S/C12H14F3NS/c13-12(14,15)11-2-1-7-16(11)8-9-3-5-10(17)6-4-9/h3-6,11,17H,1-2,7-8H2. The van der Waals surface area contributed by atoms with Gasteiger partial charge in [0, 0.05) is 11.4 Å². The van der Waals surface area contributed by atoms with Gasteiger partial charge in [-0.15, -0.1) is 12.6 Å². The largest absolute Gasteiger partial charge is 0.404 e. The zero-order valence-electron chi connectivity index (χ0n) is 9.24. The van der Waals surface area contributed by atoms with Crippen LogP contribution in [0.5, 0.6) is 0 Å². The summed E-state index contributed by atoms with van der Waals surface area (Å²) < 4.78 is 38.2. The van der Waals surface area contributed by atoms with E-state index >= 15 is 0 Å². The van der Waals surface area contributed by atoms with E-state index in [-0.39, 0.29) is 6.42 Å². The molecule has 1 unspecified atom stereocenters. The van der Waals surface area contributed by atoms with Crippen molar-refractivity contribution in [1.29, 1.82) is 0 Å². The molecule has 17 heavy (non-hydrogen) atoms. The molecule has 1 aromatic rings. The quantitative estimate of drug-likeness (QED) is 0.797. The maximum Gasteiger partial charge on any atom is 0.404 e. The van der Waals surface area contributed by atoms with Crippen LogP contribution in [0.4, 0.5) is 13.2 Å². The van der Waals surface area contributed by atoms with Crippen molar-refractivity contribution in [2.75, 3.05) is 6.54 Å². The van der Waals surface area contributed by atoms with E-state index in [4.69, 9.17) is 0 Å². The number of nitrogens with zero attached hydrogens (tertiary/aromatic N) is 1. The molecule has 1 aromatic carbocycles. The highest BCUT2D eigenvalue weighted by Gasteiger charge is 2.45. The molecule has 0 bridgehead atoms. The number of alkyl halides is 3. The van der Waals surface area contributed by atoms with Gasteiger partial charge < -0.3 is 0 Å². The Balaban J connectivity index is 2.05. The number of halogens is 3. The predicted octanol–water partition coefficient (Wildman–Crippen LogP) is 3.50. The fraction of sp³-hybridized carbons (Fsp3) is 0.500. The van der Waals surface area contributed by atoms with Crippen molar-refractivity contribution in [3.05, 3.63) is 29.8 Å². The number of hydrogen-bond donors (Lipinski definition) is 1. The second-order valence-corrected chi connectivity index (χ2v) is 4.85. The third-order valence-corrected chi connectivity index (χ3v) is 3.36. The molecule has 1 fully saturated rings. The lowest BCUT2D eigenvalue weighted by Crippen LogP contribution is -2.40. The van der Waals surface area contributed by atoms with Crippen LogP contribution in [0.25, 0.3) is 0 Å². The number of likely N-dealkylation sites (tertiary alicyclic amines) is 1. The molecule has 0 saturated carbocycles. The van der Waals surface area contributed by atoms with Gasteiger partial charge in [-0.3, -0.25) is 4.90 Å². The van der Waals surface area contributed by atoms with E-state index in [0.29, 0.717) is 19.5 Å². The lowest BCUT2D eigenvalue weighted by atomic mass is 10.2. The van der Waals surface area contributed by atoms with Gasteiger partial charge in [-0.05, 0) is 37.1 Å². The topological polar surface area (TPSA) is 3.24 Å². The molecule has 0 aliphatic carbocycles. The lowest BCUT2D eigenvalue weighted by Gasteiger charge is -2.26. The Labute approximate surface area is 104 Å². The summed E-state index contributed by atoms with van der Waals surface area (Å²) in [7, 11) is 0. The Morgan fingerprint density at radius 3 is 2.47 bits per heavy atom. The minimum Gasteiger partial charge on any atom is -0.288 e. The molecule has 2 rings (SSSR count). The molecule has 5 heteroatoms. The number of benzene rings is 1. The molecule has 0 radical (unpaired) electrons. The van der Waals surface area contributed by atoms with E-state index < -0.39 is 12.2 Å². The average molecular weight is 261 g/mol. The minimum absolute atomic E-state index is 0.216. The van der Waals surface area contributed by atoms with Crippen LogP contribution in [0.1, 0.15) is 18.4 Å². The number of thiol groups is 1.